The summed E-state index contributed by atoms with van der Waals surface area (Å²) < 4.78 is 0. The summed E-state index contributed by atoms with van der Waals surface area (Å²) >= 11 is 1.05. The molecular formula is C13H20N4O4S. The van der Waals surface area contributed by atoms with Gasteiger partial charge in [-0.25, -0.2) is 0 Å². The molecule has 2 aliphatic rings. The predicted octanol–water partition coefficient (Wildman–Crippen LogP) is 0.973. The van der Waals surface area contributed by atoms with Crippen LogP contribution in [0.25, 0.3) is 0 Å². The highest BCUT2D eigenvalue weighted by Gasteiger charge is 2.31. The highest BCUT2D eigenvalue weighted by molar-refractivity contribution is 7.19. The van der Waals surface area contributed by atoms with Crippen LogP contribution in [0.15, 0.2) is 0 Å². The number of nitro groups is 1. The van der Waals surface area contributed by atoms with Crippen molar-refractivity contribution in [2.24, 2.45) is 0 Å². The Morgan fingerprint density at radius 2 is 1.73 bits per heavy atom. The fraction of sp³-hybridized carbons (Fsp3) is 0.769. The SMILES string of the molecule is O=[N+]([O-])c1sc(N2CCCC(O)C2)nc1N1CCCC(O)C1. The molecule has 22 heavy (non-hydrogen) atoms. The molecule has 0 aromatic carbocycles. The molecule has 2 unspecified atom stereocenters. The fourth-order valence-electron chi connectivity index (χ4n) is 3.03. The molecule has 2 saturated heterocycles. The summed E-state index contributed by atoms with van der Waals surface area (Å²) in [7, 11) is 0. The van der Waals surface area contributed by atoms with Gasteiger partial charge in [0.15, 0.2) is 5.13 Å². The Balaban J connectivity index is 1.87. The third-order valence-electron chi connectivity index (χ3n) is 4.11. The summed E-state index contributed by atoms with van der Waals surface area (Å²) in [4.78, 5) is 19.1. The first kappa shape index (κ1) is 15.4. The Kier molecular flexibility index (Phi) is 4.46. The van der Waals surface area contributed by atoms with Crippen molar-refractivity contribution in [3.8, 4) is 0 Å². The molecule has 0 spiro atoms. The van der Waals surface area contributed by atoms with Gasteiger partial charge in [-0.1, -0.05) is 0 Å². The van der Waals surface area contributed by atoms with Gasteiger partial charge in [-0.15, -0.1) is 0 Å². The maximum absolute atomic E-state index is 11.3. The molecule has 0 amide bonds. The summed E-state index contributed by atoms with van der Waals surface area (Å²) in [5, 5.41) is 31.5. The Labute approximate surface area is 132 Å². The van der Waals surface area contributed by atoms with E-state index in [0.29, 0.717) is 30.6 Å². The van der Waals surface area contributed by atoms with E-state index in [0.717, 1.165) is 43.6 Å². The van der Waals surface area contributed by atoms with Crippen LogP contribution >= 0.6 is 11.3 Å². The minimum Gasteiger partial charge on any atom is -0.391 e. The lowest BCUT2D eigenvalue weighted by Crippen LogP contribution is -2.39. The zero-order chi connectivity index (χ0) is 15.7. The third-order valence-corrected chi connectivity index (χ3v) is 5.17. The third kappa shape index (κ3) is 3.16. The van der Waals surface area contributed by atoms with Gasteiger partial charge in [0.05, 0.1) is 17.1 Å². The van der Waals surface area contributed by atoms with E-state index in [1.54, 1.807) is 4.90 Å². The maximum Gasteiger partial charge on any atom is 0.369 e. The second kappa shape index (κ2) is 6.35. The zero-order valence-electron chi connectivity index (χ0n) is 12.2. The molecule has 3 rings (SSSR count). The minimum absolute atomic E-state index is 0.0177. The molecule has 2 N–H and O–H groups in total. The Bertz CT molecular complexity index is 552. The monoisotopic (exact) mass is 328 g/mol. The molecule has 2 atom stereocenters. The summed E-state index contributed by atoms with van der Waals surface area (Å²) in [5.41, 5.74) is 0. The summed E-state index contributed by atoms with van der Waals surface area (Å²) in [6.45, 7) is 2.27. The number of nitrogens with zero attached hydrogens (tertiary/aromatic N) is 4. The van der Waals surface area contributed by atoms with Crippen molar-refractivity contribution >= 4 is 27.3 Å². The largest absolute Gasteiger partial charge is 0.391 e. The number of aliphatic hydroxyl groups is 2. The number of hydrogen-bond acceptors (Lipinski definition) is 8. The van der Waals surface area contributed by atoms with Crippen molar-refractivity contribution in [2.45, 2.75) is 37.9 Å². The number of anilines is 2. The van der Waals surface area contributed by atoms with Gasteiger partial charge in [-0.2, -0.15) is 4.98 Å². The number of hydrogen-bond donors (Lipinski definition) is 2. The van der Waals surface area contributed by atoms with E-state index in [-0.39, 0.29) is 5.00 Å². The highest BCUT2D eigenvalue weighted by atomic mass is 32.1. The van der Waals surface area contributed by atoms with E-state index in [2.05, 4.69) is 4.98 Å². The standard InChI is InChI=1S/C13H20N4O4S/c18-9-3-1-5-15(7-9)11-12(17(20)21)22-13(14-11)16-6-2-4-10(19)8-16/h9-10,18-19H,1-8H2. The van der Waals surface area contributed by atoms with Crippen LogP contribution in [-0.2, 0) is 0 Å². The molecule has 9 heteroatoms. The van der Waals surface area contributed by atoms with Gasteiger partial charge in [0.25, 0.3) is 0 Å². The molecular weight excluding hydrogens is 308 g/mol. The van der Waals surface area contributed by atoms with E-state index < -0.39 is 17.1 Å². The van der Waals surface area contributed by atoms with E-state index in [1.807, 2.05) is 4.90 Å². The molecule has 2 fully saturated rings. The van der Waals surface area contributed by atoms with Gasteiger partial charge >= 0.3 is 5.00 Å². The van der Waals surface area contributed by atoms with Crippen LogP contribution < -0.4 is 9.80 Å². The van der Waals surface area contributed by atoms with Crippen LogP contribution in [0.4, 0.5) is 16.0 Å². The van der Waals surface area contributed by atoms with Gasteiger partial charge in [-0.05, 0) is 37.0 Å². The van der Waals surface area contributed by atoms with E-state index in [4.69, 9.17) is 0 Å². The fourth-order valence-corrected chi connectivity index (χ4v) is 3.97. The molecule has 0 bridgehead atoms. The Hall–Kier alpha value is -1.45. The number of thiazole rings is 1. The average molecular weight is 328 g/mol. The van der Waals surface area contributed by atoms with E-state index in [9.17, 15) is 20.3 Å². The predicted molar refractivity (Wildman–Crippen MR) is 83.7 cm³/mol. The van der Waals surface area contributed by atoms with Crippen LogP contribution in [0.2, 0.25) is 0 Å². The van der Waals surface area contributed by atoms with Crippen molar-refractivity contribution < 1.29 is 15.1 Å². The average Bonchev–Trinajstić information content (AvgIpc) is 2.92. The Morgan fingerprint density at radius 3 is 2.32 bits per heavy atom. The molecule has 0 radical (unpaired) electrons. The molecule has 0 aliphatic carbocycles. The first-order valence-corrected chi connectivity index (χ1v) is 8.37. The van der Waals surface area contributed by atoms with Crippen LogP contribution in [0.1, 0.15) is 25.7 Å². The lowest BCUT2D eigenvalue weighted by Gasteiger charge is -2.30. The molecule has 1 aromatic rings. The van der Waals surface area contributed by atoms with Gasteiger partial charge in [0.2, 0.25) is 5.82 Å². The second-order valence-electron chi connectivity index (χ2n) is 5.87. The minimum atomic E-state index is -0.463. The number of aromatic nitrogens is 1. The topological polar surface area (TPSA) is 103 Å². The van der Waals surface area contributed by atoms with Gasteiger partial charge in [-0.3, -0.25) is 10.1 Å². The molecule has 1 aromatic heterocycles. The van der Waals surface area contributed by atoms with Crippen molar-refractivity contribution in [3.63, 3.8) is 0 Å². The normalized spacial score (nSPS) is 26.3. The van der Waals surface area contributed by atoms with E-state index >= 15 is 0 Å². The van der Waals surface area contributed by atoms with Crippen molar-refractivity contribution in [2.75, 3.05) is 36.0 Å². The quantitative estimate of drug-likeness (QED) is 0.629. The van der Waals surface area contributed by atoms with Crippen molar-refractivity contribution in [1.82, 2.24) is 4.98 Å². The van der Waals surface area contributed by atoms with Gasteiger partial charge in [0, 0.05) is 26.2 Å². The lowest BCUT2D eigenvalue weighted by molar-refractivity contribution is -0.379. The van der Waals surface area contributed by atoms with Crippen LogP contribution in [-0.4, -0.2) is 58.5 Å². The first-order chi connectivity index (χ1) is 10.5. The zero-order valence-corrected chi connectivity index (χ0v) is 13.0. The molecule has 8 nitrogen and oxygen atoms in total. The lowest BCUT2D eigenvalue weighted by atomic mass is 10.1. The molecule has 2 aliphatic heterocycles. The number of piperidine rings is 2. The highest BCUT2D eigenvalue weighted by Crippen LogP contribution is 2.40. The smallest absolute Gasteiger partial charge is 0.369 e. The molecule has 0 saturated carbocycles. The summed E-state index contributed by atoms with van der Waals surface area (Å²) in [6, 6.07) is 0. The van der Waals surface area contributed by atoms with Gasteiger partial charge in [0.1, 0.15) is 0 Å². The summed E-state index contributed by atoms with van der Waals surface area (Å²) in [6.07, 6.45) is 2.27. The van der Waals surface area contributed by atoms with Crippen molar-refractivity contribution in [3.05, 3.63) is 10.1 Å². The maximum atomic E-state index is 11.3. The molecule has 3 heterocycles. The first-order valence-electron chi connectivity index (χ1n) is 7.56. The Morgan fingerprint density at radius 1 is 1.14 bits per heavy atom. The number of β-amino-alcohol motifs (C(OH)–C–C–N with tert-alkyl or cyclic N) is 2. The number of rotatable bonds is 3. The second-order valence-corrected chi connectivity index (χ2v) is 6.82. The molecule has 122 valence electrons. The van der Waals surface area contributed by atoms with Crippen LogP contribution in [0.3, 0.4) is 0 Å². The number of aliphatic hydroxyl groups excluding tert-OH is 2. The van der Waals surface area contributed by atoms with Crippen LogP contribution in [0.5, 0.6) is 0 Å². The van der Waals surface area contributed by atoms with E-state index in [1.165, 1.54) is 0 Å². The van der Waals surface area contributed by atoms with Crippen molar-refractivity contribution in [1.29, 1.82) is 0 Å². The van der Waals surface area contributed by atoms with Gasteiger partial charge < -0.3 is 20.0 Å². The summed E-state index contributed by atoms with van der Waals surface area (Å²) in [5.74, 6) is 0.351. The van der Waals surface area contributed by atoms with Crippen LogP contribution in [0, 0.1) is 10.1 Å².